The Kier molecular flexibility index (Phi) is 2.05. The lowest BCUT2D eigenvalue weighted by Crippen LogP contribution is -2.19. The van der Waals surface area contributed by atoms with Crippen LogP contribution in [0, 0.1) is 0 Å². The number of hydrogen-bond acceptors (Lipinski definition) is 4. The van der Waals surface area contributed by atoms with Crippen molar-refractivity contribution in [1.82, 2.24) is 20.7 Å². The van der Waals surface area contributed by atoms with Crippen molar-refractivity contribution < 1.29 is 4.74 Å². The van der Waals surface area contributed by atoms with Crippen molar-refractivity contribution in [2.24, 2.45) is 0 Å². The second-order valence-corrected chi connectivity index (χ2v) is 2.93. The summed E-state index contributed by atoms with van der Waals surface area (Å²) in [7, 11) is 1.73. The van der Waals surface area contributed by atoms with Crippen LogP contribution in [0.5, 0.6) is 0 Å². The quantitative estimate of drug-likeness (QED) is 0.625. The average molecular weight is 168 g/mol. The van der Waals surface area contributed by atoms with Crippen molar-refractivity contribution in [2.45, 2.75) is 12.0 Å². The molecule has 1 aliphatic heterocycles. The summed E-state index contributed by atoms with van der Waals surface area (Å²) < 4.78 is 5.30. The highest BCUT2D eigenvalue weighted by atomic mass is 16.5. The van der Waals surface area contributed by atoms with Crippen molar-refractivity contribution in [3.63, 3.8) is 0 Å². The number of nitrogens with zero attached hydrogens (tertiary/aromatic N) is 2. The fourth-order valence-electron chi connectivity index (χ4n) is 1.59. The molecule has 0 saturated carbocycles. The van der Waals surface area contributed by atoms with E-state index < -0.39 is 0 Å². The molecular formula is C7H12N4O. The Hall–Kier alpha value is -0.940. The largest absolute Gasteiger partial charge is 0.379 e. The smallest absolute Gasteiger partial charge is 0.0894 e. The number of methoxy groups -OCH3 is 1. The van der Waals surface area contributed by atoms with E-state index in [-0.39, 0.29) is 6.10 Å². The zero-order chi connectivity index (χ0) is 8.39. The van der Waals surface area contributed by atoms with Gasteiger partial charge in [-0.05, 0) is 0 Å². The van der Waals surface area contributed by atoms with Gasteiger partial charge in [-0.1, -0.05) is 0 Å². The van der Waals surface area contributed by atoms with Gasteiger partial charge in [0.25, 0.3) is 0 Å². The molecule has 0 aromatic carbocycles. The first-order valence-corrected chi connectivity index (χ1v) is 4.01. The number of ether oxygens (including phenoxy) is 1. The van der Waals surface area contributed by atoms with Crippen LogP contribution in [0.3, 0.4) is 0 Å². The summed E-state index contributed by atoms with van der Waals surface area (Å²) in [6, 6.07) is 0. The topological polar surface area (TPSA) is 62.8 Å². The molecule has 2 unspecified atom stereocenters. The number of aromatic nitrogens is 3. The van der Waals surface area contributed by atoms with E-state index in [0.717, 1.165) is 18.8 Å². The molecule has 5 heteroatoms. The molecule has 1 saturated heterocycles. The van der Waals surface area contributed by atoms with Gasteiger partial charge in [0.2, 0.25) is 0 Å². The van der Waals surface area contributed by atoms with Crippen LogP contribution in [-0.4, -0.2) is 41.7 Å². The first-order chi connectivity index (χ1) is 5.92. The summed E-state index contributed by atoms with van der Waals surface area (Å²) in [6.07, 6.45) is 1.99. The maximum atomic E-state index is 5.30. The number of hydrogen-bond donors (Lipinski definition) is 2. The molecule has 1 aromatic rings. The molecule has 1 aromatic heterocycles. The molecule has 0 spiro atoms. The highest BCUT2D eigenvalue weighted by Gasteiger charge is 2.29. The number of H-pyrrole nitrogens is 1. The third-order valence-corrected chi connectivity index (χ3v) is 2.27. The lowest BCUT2D eigenvalue weighted by molar-refractivity contribution is 0.104. The van der Waals surface area contributed by atoms with Gasteiger partial charge in [0.1, 0.15) is 0 Å². The van der Waals surface area contributed by atoms with Gasteiger partial charge in [0.05, 0.1) is 18.0 Å². The minimum atomic E-state index is 0.232. The van der Waals surface area contributed by atoms with Gasteiger partial charge < -0.3 is 10.1 Å². The SMILES string of the molecule is COC1CNCC1c1cn[nH]n1. The lowest BCUT2D eigenvalue weighted by Gasteiger charge is -2.13. The highest BCUT2D eigenvalue weighted by Crippen LogP contribution is 2.21. The number of nitrogens with one attached hydrogen (secondary N) is 2. The summed E-state index contributed by atoms with van der Waals surface area (Å²) in [4.78, 5) is 0. The van der Waals surface area contributed by atoms with Crippen LogP contribution in [0.15, 0.2) is 6.20 Å². The molecule has 0 amide bonds. The van der Waals surface area contributed by atoms with Crippen LogP contribution in [0.4, 0.5) is 0 Å². The molecular weight excluding hydrogens is 156 g/mol. The van der Waals surface area contributed by atoms with Crippen molar-refractivity contribution in [2.75, 3.05) is 20.2 Å². The standard InChI is InChI=1S/C7H12N4O/c1-12-7-4-8-2-5(7)6-3-9-11-10-6/h3,5,7-8H,2,4H2,1H3,(H,9,10,11). The van der Waals surface area contributed by atoms with Gasteiger partial charge in [0, 0.05) is 26.1 Å². The predicted molar refractivity (Wildman–Crippen MR) is 42.8 cm³/mol. The van der Waals surface area contributed by atoms with E-state index in [9.17, 15) is 0 Å². The van der Waals surface area contributed by atoms with Gasteiger partial charge in [0.15, 0.2) is 0 Å². The Bertz CT molecular complexity index is 236. The van der Waals surface area contributed by atoms with Crippen LogP contribution >= 0.6 is 0 Å². The molecule has 0 aliphatic carbocycles. The Morgan fingerprint density at radius 1 is 1.58 bits per heavy atom. The average Bonchev–Trinajstić information content (AvgIpc) is 2.74. The molecule has 1 aliphatic rings. The lowest BCUT2D eigenvalue weighted by atomic mass is 10.0. The van der Waals surface area contributed by atoms with E-state index in [2.05, 4.69) is 20.7 Å². The highest BCUT2D eigenvalue weighted by molar-refractivity contribution is 5.08. The van der Waals surface area contributed by atoms with Crippen LogP contribution < -0.4 is 5.32 Å². The Balaban J connectivity index is 2.13. The first kappa shape index (κ1) is 7.70. The van der Waals surface area contributed by atoms with Crippen molar-refractivity contribution in [1.29, 1.82) is 0 Å². The Morgan fingerprint density at radius 2 is 2.50 bits per heavy atom. The molecule has 2 rings (SSSR count). The molecule has 1 fully saturated rings. The summed E-state index contributed by atoms with van der Waals surface area (Å²) >= 11 is 0. The first-order valence-electron chi connectivity index (χ1n) is 4.01. The molecule has 5 nitrogen and oxygen atoms in total. The van der Waals surface area contributed by atoms with Gasteiger partial charge in [-0.15, -0.1) is 0 Å². The predicted octanol–water partition coefficient (Wildman–Crippen LogP) is -0.494. The van der Waals surface area contributed by atoms with Crippen molar-refractivity contribution in [3.05, 3.63) is 11.9 Å². The van der Waals surface area contributed by atoms with E-state index >= 15 is 0 Å². The molecule has 0 radical (unpaired) electrons. The number of aromatic amines is 1. The second kappa shape index (κ2) is 3.20. The molecule has 12 heavy (non-hydrogen) atoms. The van der Waals surface area contributed by atoms with Gasteiger partial charge in [-0.3, -0.25) is 0 Å². The van der Waals surface area contributed by atoms with E-state index in [1.807, 2.05) is 0 Å². The van der Waals surface area contributed by atoms with Crippen molar-refractivity contribution in [3.8, 4) is 0 Å². The van der Waals surface area contributed by atoms with Gasteiger partial charge in [-0.25, -0.2) is 0 Å². The summed E-state index contributed by atoms with van der Waals surface area (Å²) in [5.74, 6) is 0.341. The minimum absolute atomic E-state index is 0.232. The Labute approximate surface area is 70.5 Å². The molecule has 0 bridgehead atoms. The van der Waals surface area contributed by atoms with E-state index in [4.69, 9.17) is 4.74 Å². The number of rotatable bonds is 2. The van der Waals surface area contributed by atoms with Crippen LogP contribution in [0.25, 0.3) is 0 Å². The third-order valence-electron chi connectivity index (χ3n) is 2.27. The van der Waals surface area contributed by atoms with E-state index in [0.29, 0.717) is 5.92 Å². The van der Waals surface area contributed by atoms with Crippen LogP contribution in [0.1, 0.15) is 11.6 Å². The fourth-order valence-corrected chi connectivity index (χ4v) is 1.59. The minimum Gasteiger partial charge on any atom is -0.379 e. The van der Waals surface area contributed by atoms with E-state index in [1.54, 1.807) is 13.3 Å². The van der Waals surface area contributed by atoms with Crippen LogP contribution in [-0.2, 0) is 4.74 Å². The van der Waals surface area contributed by atoms with Gasteiger partial charge >= 0.3 is 0 Å². The third kappa shape index (κ3) is 1.21. The summed E-state index contributed by atoms with van der Waals surface area (Å²) in [6.45, 7) is 1.82. The molecule has 2 heterocycles. The Morgan fingerprint density at radius 3 is 3.17 bits per heavy atom. The summed E-state index contributed by atoms with van der Waals surface area (Å²) in [5, 5.41) is 13.7. The van der Waals surface area contributed by atoms with Crippen LogP contribution in [0.2, 0.25) is 0 Å². The second-order valence-electron chi connectivity index (χ2n) is 2.93. The summed E-state index contributed by atoms with van der Waals surface area (Å²) in [5.41, 5.74) is 0.979. The maximum absolute atomic E-state index is 5.30. The normalized spacial score (nSPS) is 29.4. The molecule has 66 valence electrons. The van der Waals surface area contributed by atoms with Crippen molar-refractivity contribution >= 4 is 0 Å². The van der Waals surface area contributed by atoms with Gasteiger partial charge in [-0.2, -0.15) is 15.4 Å². The monoisotopic (exact) mass is 168 g/mol. The maximum Gasteiger partial charge on any atom is 0.0894 e. The fraction of sp³-hybridized carbons (Fsp3) is 0.714. The van der Waals surface area contributed by atoms with E-state index in [1.165, 1.54) is 0 Å². The molecule has 2 atom stereocenters. The zero-order valence-corrected chi connectivity index (χ0v) is 6.95. The zero-order valence-electron chi connectivity index (χ0n) is 6.95. The molecule has 2 N–H and O–H groups in total.